The summed E-state index contributed by atoms with van der Waals surface area (Å²) in [4.78, 5) is 13.1. The third-order valence-electron chi connectivity index (χ3n) is 1.18. The number of hydrogen-bond acceptors (Lipinski definition) is 3. The molecule has 0 atom stereocenters. The predicted molar refractivity (Wildman–Crippen MR) is 47.1 cm³/mol. The molecule has 0 aliphatic heterocycles. The maximum absolute atomic E-state index is 9.63. The fraction of sp³-hybridized carbons (Fsp3) is 0.857. The van der Waals surface area contributed by atoms with Gasteiger partial charge in [0.1, 0.15) is 0 Å². The van der Waals surface area contributed by atoms with Crippen LogP contribution in [0.2, 0.25) is 13.1 Å². The summed E-state index contributed by atoms with van der Waals surface area (Å²) in [5.41, 5.74) is 0. The molecule has 0 aromatic rings. The first kappa shape index (κ1) is 10.6. The van der Waals surface area contributed by atoms with Crippen molar-refractivity contribution >= 4 is 15.1 Å². The van der Waals surface area contributed by atoms with Gasteiger partial charge in [-0.1, -0.05) is 0 Å². The van der Waals surface area contributed by atoms with E-state index in [9.17, 15) is 4.79 Å². The van der Waals surface area contributed by atoms with Crippen LogP contribution in [0.1, 0.15) is 12.8 Å². The van der Waals surface area contributed by atoms with Crippen molar-refractivity contribution in [2.45, 2.75) is 25.9 Å². The van der Waals surface area contributed by atoms with E-state index in [1.807, 2.05) is 0 Å². The van der Waals surface area contributed by atoms with Gasteiger partial charge in [0.2, 0.25) is 6.08 Å². The predicted octanol–water partition coefficient (Wildman–Crippen LogP) is 1.10. The van der Waals surface area contributed by atoms with Crippen LogP contribution < -0.4 is 0 Å². The Morgan fingerprint density at radius 3 is 2.73 bits per heavy atom. The first-order chi connectivity index (χ1) is 5.27. The smallest absolute Gasteiger partial charge is 0.234 e. The lowest BCUT2D eigenvalue weighted by molar-refractivity contribution is 0.315. The van der Waals surface area contributed by atoms with Gasteiger partial charge < -0.3 is 4.43 Å². The minimum Gasteiger partial charge on any atom is -0.421 e. The fourth-order valence-corrected chi connectivity index (χ4v) is 1.30. The molecule has 0 rings (SSSR count). The normalized spacial score (nSPS) is 9.73. The lowest BCUT2D eigenvalue weighted by atomic mass is 10.3. The molecule has 4 heteroatoms. The number of carbonyl (C=O) groups excluding carboxylic acids is 1. The number of rotatable bonds is 6. The van der Waals surface area contributed by atoms with Crippen LogP contribution >= 0.6 is 0 Å². The Hall–Kier alpha value is -0.443. The summed E-state index contributed by atoms with van der Waals surface area (Å²) in [6.07, 6.45) is 3.43. The van der Waals surface area contributed by atoms with Crippen molar-refractivity contribution in [3.63, 3.8) is 0 Å². The van der Waals surface area contributed by atoms with Crippen LogP contribution in [0.5, 0.6) is 0 Å². The van der Waals surface area contributed by atoms with Crippen LogP contribution in [-0.2, 0) is 9.22 Å². The van der Waals surface area contributed by atoms with E-state index in [2.05, 4.69) is 18.1 Å². The van der Waals surface area contributed by atoms with Gasteiger partial charge in [0.05, 0.1) is 6.54 Å². The summed E-state index contributed by atoms with van der Waals surface area (Å²) in [6, 6.07) is 0. The first-order valence-corrected chi connectivity index (χ1v) is 6.70. The quantitative estimate of drug-likeness (QED) is 0.261. The Labute approximate surface area is 69.2 Å². The SMILES string of the molecule is C[SiH](C)OCCCCN=C=O. The molecule has 0 aromatic carbocycles. The van der Waals surface area contributed by atoms with Crippen LogP contribution in [0.4, 0.5) is 0 Å². The molecule has 0 amide bonds. The molecule has 0 unspecified atom stereocenters. The highest BCUT2D eigenvalue weighted by molar-refractivity contribution is 6.48. The molecule has 0 saturated carbocycles. The van der Waals surface area contributed by atoms with Gasteiger partial charge >= 0.3 is 0 Å². The lowest BCUT2D eigenvalue weighted by Gasteiger charge is -2.04. The standard InChI is InChI=1S/C7H15NO2Si/c1-11(2)10-6-4-3-5-8-7-9/h11H,3-6H2,1-2H3. The molecule has 11 heavy (non-hydrogen) atoms. The highest BCUT2D eigenvalue weighted by Crippen LogP contribution is 1.92. The molecule has 64 valence electrons. The fourth-order valence-electron chi connectivity index (χ4n) is 0.658. The van der Waals surface area contributed by atoms with Gasteiger partial charge in [0.15, 0.2) is 9.04 Å². The maximum Gasteiger partial charge on any atom is 0.234 e. The average molecular weight is 173 g/mol. The van der Waals surface area contributed by atoms with Crippen LogP contribution in [0.15, 0.2) is 4.99 Å². The number of nitrogens with zero attached hydrogens (tertiary/aromatic N) is 1. The van der Waals surface area contributed by atoms with Crippen LogP contribution in [0.25, 0.3) is 0 Å². The van der Waals surface area contributed by atoms with Crippen molar-refractivity contribution in [3.8, 4) is 0 Å². The number of unbranched alkanes of at least 4 members (excludes halogenated alkanes) is 1. The Kier molecular flexibility index (Phi) is 7.35. The molecule has 0 saturated heterocycles. The lowest BCUT2D eigenvalue weighted by Crippen LogP contribution is -2.08. The highest BCUT2D eigenvalue weighted by Gasteiger charge is 1.93. The molecular formula is C7H15NO2Si. The van der Waals surface area contributed by atoms with E-state index in [1.54, 1.807) is 0 Å². The van der Waals surface area contributed by atoms with Crippen molar-refractivity contribution in [3.05, 3.63) is 0 Å². The van der Waals surface area contributed by atoms with Gasteiger partial charge in [-0.05, 0) is 25.9 Å². The topological polar surface area (TPSA) is 38.7 Å². The minimum absolute atomic E-state index is 0.590. The third-order valence-corrected chi connectivity index (χ3v) is 2.08. The first-order valence-electron chi connectivity index (χ1n) is 3.92. The van der Waals surface area contributed by atoms with Crippen LogP contribution in [0, 0.1) is 0 Å². The van der Waals surface area contributed by atoms with Crippen molar-refractivity contribution in [1.82, 2.24) is 0 Å². The number of hydrogen-bond donors (Lipinski definition) is 0. The largest absolute Gasteiger partial charge is 0.421 e. The summed E-state index contributed by atoms with van der Waals surface area (Å²) in [5, 5.41) is 0. The number of isocyanates is 1. The molecule has 0 heterocycles. The molecule has 0 aliphatic carbocycles. The van der Waals surface area contributed by atoms with E-state index in [1.165, 1.54) is 6.08 Å². The summed E-state index contributed by atoms with van der Waals surface area (Å²) in [5.74, 6) is 0. The summed E-state index contributed by atoms with van der Waals surface area (Å²) < 4.78 is 5.42. The van der Waals surface area contributed by atoms with E-state index < -0.39 is 9.04 Å². The van der Waals surface area contributed by atoms with E-state index in [0.29, 0.717) is 6.54 Å². The molecule has 0 bridgehead atoms. The molecule has 3 nitrogen and oxygen atoms in total. The second-order valence-corrected chi connectivity index (χ2v) is 5.03. The Morgan fingerprint density at radius 1 is 1.45 bits per heavy atom. The molecule has 0 fully saturated rings. The molecule has 0 N–H and O–H groups in total. The highest BCUT2D eigenvalue weighted by atomic mass is 28.3. The van der Waals surface area contributed by atoms with E-state index in [-0.39, 0.29) is 0 Å². The van der Waals surface area contributed by atoms with Crippen molar-refractivity contribution in [2.24, 2.45) is 4.99 Å². The molecule has 0 radical (unpaired) electrons. The summed E-state index contributed by atoms with van der Waals surface area (Å²) >= 11 is 0. The van der Waals surface area contributed by atoms with E-state index in [0.717, 1.165) is 19.4 Å². The second kappa shape index (κ2) is 7.66. The summed E-state index contributed by atoms with van der Waals surface area (Å²) in [7, 11) is -0.837. The van der Waals surface area contributed by atoms with Crippen molar-refractivity contribution in [2.75, 3.05) is 13.2 Å². The van der Waals surface area contributed by atoms with Crippen molar-refractivity contribution in [1.29, 1.82) is 0 Å². The second-order valence-electron chi connectivity index (χ2n) is 2.60. The molecule has 0 aliphatic rings. The van der Waals surface area contributed by atoms with E-state index >= 15 is 0 Å². The third kappa shape index (κ3) is 9.56. The Bertz CT molecular complexity index is 132. The zero-order chi connectivity index (χ0) is 8.53. The van der Waals surface area contributed by atoms with E-state index in [4.69, 9.17) is 4.43 Å². The number of aliphatic imine (C=N–C) groups is 1. The van der Waals surface area contributed by atoms with Gasteiger partial charge in [0.25, 0.3) is 0 Å². The van der Waals surface area contributed by atoms with Crippen LogP contribution in [0.3, 0.4) is 0 Å². The average Bonchev–Trinajstić information content (AvgIpc) is 1.96. The molecule has 0 aromatic heterocycles. The van der Waals surface area contributed by atoms with Gasteiger partial charge in [-0.15, -0.1) is 0 Å². The van der Waals surface area contributed by atoms with Crippen molar-refractivity contribution < 1.29 is 9.22 Å². The zero-order valence-electron chi connectivity index (χ0n) is 7.17. The summed E-state index contributed by atoms with van der Waals surface area (Å²) in [6.45, 7) is 5.69. The molecule has 0 spiro atoms. The van der Waals surface area contributed by atoms with Gasteiger partial charge in [-0.2, -0.15) is 0 Å². The maximum atomic E-state index is 9.63. The molecular weight excluding hydrogens is 158 g/mol. The Balaban J connectivity index is 2.96. The zero-order valence-corrected chi connectivity index (χ0v) is 8.32. The monoisotopic (exact) mass is 173 g/mol. The minimum atomic E-state index is -0.837. The van der Waals surface area contributed by atoms with Crippen LogP contribution in [-0.4, -0.2) is 28.3 Å². The Morgan fingerprint density at radius 2 is 2.18 bits per heavy atom. The van der Waals surface area contributed by atoms with Gasteiger partial charge in [0, 0.05) is 6.61 Å². The van der Waals surface area contributed by atoms with Gasteiger partial charge in [-0.25, -0.2) is 9.79 Å². The van der Waals surface area contributed by atoms with Gasteiger partial charge in [-0.3, -0.25) is 0 Å².